The van der Waals surface area contributed by atoms with Crippen LogP contribution >= 0.6 is 0 Å². The van der Waals surface area contributed by atoms with Crippen LogP contribution in [0.25, 0.3) is 170 Å². The summed E-state index contributed by atoms with van der Waals surface area (Å²) in [6.45, 7) is 26.3. The highest BCUT2D eigenvalue weighted by molar-refractivity contribution is 6.24. The summed E-state index contributed by atoms with van der Waals surface area (Å²) in [4.78, 5) is 41.9. The summed E-state index contributed by atoms with van der Waals surface area (Å²) in [7, 11) is 0. The van der Waals surface area contributed by atoms with Crippen molar-refractivity contribution in [1.29, 1.82) is 21.0 Å². The number of para-hydroxylation sites is 2. The molecule has 13 nitrogen and oxygen atoms in total. The molecule has 0 aliphatic rings. The van der Waals surface area contributed by atoms with E-state index < -0.39 is 34.4 Å². The molecule has 0 aliphatic heterocycles. The van der Waals surface area contributed by atoms with Gasteiger partial charge < -0.3 is 0 Å². The summed E-state index contributed by atoms with van der Waals surface area (Å²) in [6.07, 6.45) is 0. The molecule has 4 aromatic heterocycles. The van der Waals surface area contributed by atoms with Gasteiger partial charge in [-0.05, 0) is 132 Å². The van der Waals surface area contributed by atoms with Crippen molar-refractivity contribution in [2.24, 2.45) is 0 Å². The molecule has 0 saturated heterocycles. The van der Waals surface area contributed by atoms with E-state index in [-0.39, 0.29) is 5.56 Å². The Balaban J connectivity index is 0.000000167. The van der Waals surface area contributed by atoms with Crippen molar-refractivity contribution >= 4 is 82.5 Å². The minimum absolute atomic E-state index is 0.155. The fourth-order valence-electron chi connectivity index (χ4n) is 13.3. The van der Waals surface area contributed by atoms with E-state index in [9.17, 15) is 24.6 Å². The van der Waals surface area contributed by atoms with Crippen LogP contribution < -0.4 is 0 Å². The second kappa shape index (κ2) is 26.6. The topological polar surface area (TPSA) is 186 Å². The number of rotatable bonds is 8. The molecule has 16 aromatic rings. The van der Waals surface area contributed by atoms with Gasteiger partial charge in [0.25, 0.3) is 0 Å². The van der Waals surface area contributed by atoms with Crippen molar-refractivity contribution in [1.82, 2.24) is 29.9 Å². The average molecular weight is 1350 g/mol. The van der Waals surface area contributed by atoms with Gasteiger partial charge in [0.15, 0.2) is 40.3 Å². The molecule has 104 heavy (non-hydrogen) atoms. The molecule has 0 spiro atoms. The molecular weight excluding hydrogens is 1300 g/mol. The zero-order valence-electron chi connectivity index (χ0n) is 54.7. The summed E-state index contributed by atoms with van der Waals surface area (Å²) in [6, 6.07) is 74.9. The van der Waals surface area contributed by atoms with E-state index in [0.29, 0.717) is 101 Å². The van der Waals surface area contributed by atoms with Crippen LogP contribution in [0.2, 0.25) is 0 Å². The normalized spacial score (nSPS) is 10.9. The Morgan fingerprint density at radius 2 is 0.683 bits per heavy atom. The van der Waals surface area contributed by atoms with E-state index in [1.165, 1.54) is 24.3 Å². The highest BCUT2D eigenvalue weighted by Crippen LogP contribution is 2.45. The maximum absolute atomic E-state index is 15.2. The number of pyridine rings is 2. The monoisotopic (exact) mass is 1350 g/mol. The molecular formula is C87H43F4N13. The lowest BCUT2D eigenvalue weighted by Crippen LogP contribution is -2.04. The van der Waals surface area contributed by atoms with Gasteiger partial charge in [-0.2, -0.15) is 21.0 Å². The molecule has 4 heterocycles. The average Bonchev–Trinajstić information content (AvgIpc) is 0.729. The number of nitriles is 4. The summed E-state index contributed by atoms with van der Waals surface area (Å²) < 4.78 is 59.9. The second-order valence-corrected chi connectivity index (χ2v) is 24.4. The lowest BCUT2D eigenvalue weighted by Gasteiger charge is -2.17. The molecule has 16 rings (SSSR count). The Morgan fingerprint density at radius 3 is 1.11 bits per heavy atom. The number of hydrogen-bond acceptors (Lipinski definition) is 10. The molecule has 0 amide bonds. The SMILES string of the molecule is [C-]#[N+]c1ccc(-c2nc3cc(C)c4c(-c5cccc(-c6c(F)c(F)c(C#N)c(F)c6F)c5)nc5ccccc5c4c3nc2-c2ccc(C#N)cc2)cc1.[C-]#[N+]c1ccc(-c2nc3cc(C)c4c(-c5cccc(-c6cc(C#N)cc([N+]#[C-])c6)c5)nc5ccccc5c4c3nc2-c2ccc(C#N)cc2)cc1. The van der Waals surface area contributed by atoms with Gasteiger partial charge in [0.05, 0.1) is 122 Å². The maximum atomic E-state index is 15.2. The highest BCUT2D eigenvalue weighted by atomic mass is 19.2. The zero-order chi connectivity index (χ0) is 72.0. The first-order valence-electron chi connectivity index (χ1n) is 32.1. The molecule has 12 aromatic carbocycles. The van der Waals surface area contributed by atoms with Gasteiger partial charge in [-0.15, -0.1) is 0 Å². The van der Waals surface area contributed by atoms with Crippen molar-refractivity contribution < 1.29 is 17.6 Å². The third-order valence-electron chi connectivity index (χ3n) is 18.2. The number of nitrogens with zero attached hydrogens (tertiary/aromatic N) is 13. The predicted octanol–water partition coefficient (Wildman–Crippen LogP) is 22.3. The molecule has 0 aliphatic carbocycles. The van der Waals surface area contributed by atoms with Crippen LogP contribution in [-0.2, 0) is 0 Å². The van der Waals surface area contributed by atoms with Gasteiger partial charge in [0.1, 0.15) is 11.6 Å². The lowest BCUT2D eigenvalue weighted by atomic mass is 9.93. The van der Waals surface area contributed by atoms with E-state index in [0.717, 1.165) is 88.3 Å². The van der Waals surface area contributed by atoms with Crippen molar-refractivity contribution in [3.63, 3.8) is 0 Å². The molecule has 0 saturated carbocycles. The Kier molecular flexibility index (Phi) is 16.6. The van der Waals surface area contributed by atoms with Crippen molar-refractivity contribution in [2.75, 3.05) is 0 Å². The third-order valence-corrected chi connectivity index (χ3v) is 18.2. The fraction of sp³-hybridized carbons (Fsp3) is 0.0230. The van der Waals surface area contributed by atoms with Crippen LogP contribution in [0.5, 0.6) is 0 Å². The minimum Gasteiger partial charge on any atom is -0.247 e. The number of benzene rings is 12. The Labute approximate surface area is 591 Å². The molecule has 0 fully saturated rings. The van der Waals surface area contributed by atoms with Crippen LogP contribution in [0.3, 0.4) is 0 Å². The number of hydrogen-bond donors (Lipinski definition) is 0. The lowest BCUT2D eigenvalue weighted by molar-refractivity contribution is 0.454. The van der Waals surface area contributed by atoms with Gasteiger partial charge in [-0.25, -0.2) is 62.0 Å². The van der Waals surface area contributed by atoms with Crippen LogP contribution in [0.1, 0.15) is 33.4 Å². The highest BCUT2D eigenvalue weighted by Gasteiger charge is 2.28. The number of aryl methyl sites for hydroxylation is 2. The molecule has 17 heteroatoms. The number of fused-ring (bicyclic) bond motifs is 10. The first-order valence-corrected chi connectivity index (χ1v) is 32.1. The van der Waals surface area contributed by atoms with E-state index in [1.807, 2.05) is 122 Å². The van der Waals surface area contributed by atoms with Gasteiger partial charge in [0, 0.05) is 60.1 Å². The predicted molar refractivity (Wildman–Crippen MR) is 395 cm³/mol. The van der Waals surface area contributed by atoms with Crippen LogP contribution in [-0.4, -0.2) is 29.9 Å². The Bertz CT molecular complexity index is 6630. The zero-order valence-corrected chi connectivity index (χ0v) is 54.7. The number of aromatic nitrogens is 6. The second-order valence-electron chi connectivity index (χ2n) is 24.4. The first kappa shape index (κ1) is 64.8. The van der Waals surface area contributed by atoms with Crippen molar-refractivity contribution in [2.45, 2.75) is 13.8 Å². The van der Waals surface area contributed by atoms with Crippen molar-refractivity contribution in [3.05, 3.63) is 315 Å². The standard InChI is InChI=1S/C44H23N7.C43H20F4N6/c1-26-19-38-44(51-43(29-13-11-27(24-45)12-14-29)42(50-38)30-15-17-34(47-2)18-16-30)40-36-9-4-5-10-37(36)49-41(39(26)40)32-8-6-7-31(22-32)33-20-28(25-46)21-35(23-33)48-3;1-22-18-32-43(53-42(24-12-10-23(20-48)11-13-24)41(52-32)25-14-16-28(50-2)17-15-25)35-29-8-3-4-9-31(29)51-40(33(22)35)27-7-5-6-26(19-27)34-38(46)36(44)30(21-49)37(45)39(34)47/h4-23H,1H3;3-19H,1H3. The van der Waals surface area contributed by atoms with Crippen LogP contribution in [0, 0.1) is 102 Å². The van der Waals surface area contributed by atoms with Gasteiger partial charge in [-0.3, -0.25) is 0 Å². The van der Waals surface area contributed by atoms with E-state index in [1.54, 1.807) is 84.9 Å². The largest absolute Gasteiger partial charge is 0.247 e. The molecule has 0 unspecified atom stereocenters. The maximum Gasteiger partial charge on any atom is 0.189 e. The molecule has 0 radical (unpaired) electrons. The minimum atomic E-state index is -1.78. The summed E-state index contributed by atoms with van der Waals surface area (Å²) in [5, 5.41) is 42.6. The van der Waals surface area contributed by atoms with Gasteiger partial charge >= 0.3 is 0 Å². The van der Waals surface area contributed by atoms with E-state index in [4.69, 9.17) is 54.9 Å². The number of halogens is 4. The van der Waals surface area contributed by atoms with Gasteiger partial charge in [0.2, 0.25) is 0 Å². The third kappa shape index (κ3) is 11.4. The summed E-state index contributed by atoms with van der Waals surface area (Å²) >= 11 is 0. The van der Waals surface area contributed by atoms with E-state index >= 15 is 8.78 Å². The fourth-order valence-corrected chi connectivity index (χ4v) is 13.3. The first-order chi connectivity index (χ1) is 50.7. The Morgan fingerprint density at radius 1 is 0.298 bits per heavy atom. The van der Waals surface area contributed by atoms with E-state index in [2.05, 4.69) is 45.7 Å². The smallest absolute Gasteiger partial charge is 0.189 e. The molecule has 0 atom stereocenters. The Hall–Kier alpha value is -15.2. The van der Waals surface area contributed by atoms with Gasteiger partial charge in [-0.1, -0.05) is 146 Å². The van der Waals surface area contributed by atoms with Crippen LogP contribution in [0.15, 0.2) is 224 Å². The van der Waals surface area contributed by atoms with Crippen molar-refractivity contribution in [3.8, 4) is 114 Å². The van der Waals surface area contributed by atoms with Crippen LogP contribution in [0.4, 0.5) is 34.6 Å². The molecule has 484 valence electrons. The summed E-state index contributed by atoms with van der Waals surface area (Å²) in [5.41, 5.74) is 15.8. The molecule has 0 N–H and O–H groups in total. The quantitative estimate of drug-likeness (QED) is 0.0613. The molecule has 0 bridgehead atoms. The summed E-state index contributed by atoms with van der Waals surface area (Å²) in [5.74, 6) is -6.91.